The first-order chi connectivity index (χ1) is 7.58. The van der Waals surface area contributed by atoms with Crippen LogP contribution < -0.4 is 11.5 Å². The van der Waals surface area contributed by atoms with E-state index in [0.29, 0.717) is 5.69 Å². The topological polar surface area (TPSA) is 113 Å². The van der Waals surface area contributed by atoms with Gasteiger partial charge in [0.2, 0.25) is 0 Å². The number of nitrogen functional groups attached to an aromatic ring is 1. The summed E-state index contributed by atoms with van der Waals surface area (Å²) in [4.78, 5) is 18.9. The average molecular weight is 218 g/mol. The van der Waals surface area contributed by atoms with Gasteiger partial charge >= 0.3 is 0 Å². The van der Waals surface area contributed by atoms with Gasteiger partial charge in [-0.15, -0.1) is 0 Å². The van der Waals surface area contributed by atoms with Gasteiger partial charge < -0.3 is 11.5 Å². The van der Waals surface area contributed by atoms with Crippen LogP contribution in [0.25, 0.3) is 11.3 Å². The Balaban J connectivity index is 2.51. The van der Waals surface area contributed by atoms with Crippen molar-refractivity contribution in [3.63, 3.8) is 0 Å². The van der Waals surface area contributed by atoms with E-state index >= 15 is 0 Å². The number of primary amides is 1. The Hall–Kier alpha value is -2.44. The van der Waals surface area contributed by atoms with Crippen LogP contribution in [0, 0.1) is 0 Å². The van der Waals surface area contributed by atoms with Crippen molar-refractivity contribution in [3.05, 3.63) is 24.3 Å². The van der Waals surface area contributed by atoms with E-state index in [4.69, 9.17) is 11.5 Å². The van der Waals surface area contributed by atoms with Gasteiger partial charge in [-0.05, 0) is 0 Å². The minimum Gasteiger partial charge on any atom is -0.382 e. The van der Waals surface area contributed by atoms with Crippen LogP contribution in [-0.2, 0) is 7.05 Å². The van der Waals surface area contributed by atoms with Gasteiger partial charge in [-0.2, -0.15) is 5.10 Å². The number of rotatable bonds is 2. The van der Waals surface area contributed by atoms with Crippen molar-refractivity contribution in [2.75, 3.05) is 5.73 Å². The van der Waals surface area contributed by atoms with Crippen LogP contribution in [0.4, 0.5) is 5.82 Å². The van der Waals surface area contributed by atoms with Crippen LogP contribution >= 0.6 is 0 Å². The molecule has 0 aliphatic heterocycles. The third-order valence-electron chi connectivity index (χ3n) is 2.03. The van der Waals surface area contributed by atoms with Gasteiger partial charge in [0.25, 0.3) is 5.91 Å². The minimum absolute atomic E-state index is 0.0265. The van der Waals surface area contributed by atoms with Crippen molar-refractivity contribution in [2.45, 2.75) is 0 Å². The van der Waals surface area contributed by atoms with Gasteiger partial charge in [0, 0.05) is 18.8 Å². The molecule has 0 aliphatic carbocycles. The molecule has 0 saturated carbocycles. The lowest BCUT2D eigenvalue weighted by Crippen LogP contribution is -2.16. The van der Waals surface area contributed by atoms with Crippen LogP contribution in [0.3, 0.4) is 0 Å². The third kappa shape index (κ3) is 1.70. The molecule has 0 aromatic carbocycles. The smallest absolute Gasteiger partial charge is 0.271 e. The summed E-state index contributed by atoms with van der Waals surface area (Å²) >= 11 is 0. The molecule has 0 radical (unpaired) electrons. The molecular weight excluding hydrogens is 208 g/mol. The largest absolute Gasteiger partial charge is 0.382 e. The molecule has 0 fully saturated rings. The summed E-state index contributed by atoms with van der Waals surface area (Å²) in [6, 6.07) is 0. The standard InChI is InChI=1S/C9H10N6O/c1-15-4-5(2-13-15)6-3-12-8(10)7(14-6)9(11)16/h2-4H,1H3,(H2,10,12)(H2,11,16). The Morgan fingerprint density at radius 2 is 2.19 bits per heavy atom. The Morgan fingerprint density at radius 1 is 1.44 bits per heavy atom. The zero-order valence-corrected chi connectivity index (χ0v) is 8.58. The van der Waals surface area contributed by atoms with E-state index in [1.54, 1.807) is 24.1 Å². The van der Waals surface area contributed by atoms with E-state index < -0.39 is 5.91 Å². The molecule has 82 valence electrons. The van der Waals surface area contributed by atoms with Crippen molar-refractivity contribution in [1.29, 1.82) is 0 Å². The highest BCUT2D eigenvalue weighted by Crippen LogP contribution is 2.16. The summed E-state index contributed by atoms with van der Waals surface area (Å²) < 4.78 is 1.62. The maximum Gasteiger partial charge on any atom is 0.271 e. The van der Waals surface area contributed by atoms with Crippen molar-refractivity contribution in [1.82, 2.24) is 19.7 Å². The zero-order chi connectivity index (χ0) is 11.7. The second kappa shape index (κ2) is 3.61. The molecular formula is C9H10N6O. The van der Waals surface area contributed by atoms with Gasteiger partial charge in [0.05, 0.1) is 18.1 Å². The monoisotopic (exact) mass is 218 g/mol. The molecule has 7 heteroatoms. The molecule has 0 saturated heterocycles. The fourth-order valence-electron chi connectivity index (χ4n) is 1.27. The summed E-state index contributed by atoms with van der Waals surface area (Å²) in [6.07, 6.45) is 4.84. The lowest BCUT2D eigenvalue weighted by Gasteiger charge is -2.01. The maximum atomic E-state index is 11.0. The average Bonchev–Trinajstić information content (AvgIpc) is 2.65. The molecule has 0 spiro atoms. The first-order valence-electron chi connectivity index (χ1n) is 4.49. The normalized spacial score (nSPS) is 10.3. The molecule has 0 bridgehead atoms. The van der Waals surface area contributed by atoms with Gasteiger partial charge in [-0.3, -0.25) is 9.48 Å². The minimum atomic E-state index is -0.698. The molecule has 0 unspecified atom stereocenters. The number of nitrogens with zero attached hydrogens (tertiary/aromatic N) is 4. The fraction of sp³-hybridized carbons (Fsp3) is 0.111. The Labute approximate surface area is 91.1 Å². The van der Waals surface area contributed by atoms with E-state index in [1.165, 1.54) is 6.20 Å². The number of hydrogen-bond acceptors (Lipinski definition) is 5. The Bertz CT molecular complexity index is 547. The molecule has 0 aliphatic rings. The Kier molecular flexibility index (Phi) is 2.28. The molecule has 0 atom stereocenters. The first kappa shape index (κ1) is 10.1. The van der Waals surface area contributed by atoms with Crippen LogP contribution in [0.1, 0.15) is 10.5 Å². The summed E-state index contributed by atoms with van der Waals surface area (Å²) in [7, 11) is 1.78. The number of aromatic nitrogens is 4. The molecule has 2 aromatic heterocycles. The third-order valence-corrected chi connectivity index (χ3v) is 2.03. The van der Waals surface area contributed by atoms with Gasteiger partial charge in [-0.1, -0.05) is 0 Å². The van der Waals surface area contributed by atoms with Crippen LogP contribution in [-0.4, -0.2) is 25.7 Å². The van der Waals surface area contributed by atoms with Gasteiger partial charge in [0.15, 0.2) is 11.5 Å². The number of carbonyl (C=O) groups excluding carboxylic acids is 1. The van der Waals surface area contributed by atoms with Crippen molar-refractivity contribution in [2.24, 2.45) is 12.8 Å². The zero-order valence-electron chi connectivity index (χ0n) is 8.58. The Morgan fingerprint density at radius 3 is 2.75 bits per heavy atom. The van der Waals surface area contributed by atoms with Crippen LogP contribution in [0.15, 0.2) is 18.6 Å². The number of hydrogen-bond donors (Lipinski definition) is 2. The van der Waals surface area contributed by atoms with Crippen LogP contribution in [0.2, 0.25) is 0 Å². The number of amides is 1. The van der Waals surface area contributed by atoms with Gasteiger partial charge in [0.1, 0.15) is 0 Å². The number of anilines is 1. The van der Waals surface area contributed by atoms with E-state index in [-0.39, 0.29) is 11.5 Å². The van der Waals surface area contributed by atoms with E-state index in [0.717, 1.165) is 5.56 Å². The van der Waals surface area contributed by atoms with Crippen molar-refractivity contribution in [3.8, 4) is 11.3 Å². The molecule has 2 heterocycles. The highest BCUT2D eigenvalue weighted by Gasteiger charge is 2.11. The number of aryl methyl sites for hydroxylation is 1. The lowest BCUT2D eigenvalue weighted by molar-refractivity contribution is 0.0996. The lowest BCUT2D eigenvalue weighted by atomic mass is 10.2. The highest BCUT2D eigenvalue weighted by molar-refractivity contribution is 5.95. The predicted molar refractivity (Wildman–Crippen MR) is 57.2 cm³/mol. The summed E-state index contributed by atoms with van der Waals surface area (Å²) in [5.41, 5.74) is 11.8. The SMILES string of the molecule is Cn1cc(-c2cnc(N)c(C(N)=O)n2)cn1. The second-order valence-electron chi connectivity index (χ2n) is 3.26. The number of carbonyl (C=O) groups is 1. The molecule has 2 aromatic rings. The van der Waals surface area contributed by atoms with E-state index in [9.17, 15) is 4.79 Å². The summed E-state index contributed by atoms with van der Waals surface area (Å²) in [6.45, 7) is 0. The van der Waals surface area contributed by atoms with E-state index in [1.807, 2.05) is 0 Å². The quantitative estimate of drug-likeness (QED) is 0.709. The number of nitrogens with two attached hydrogens (primary N) is 2. The van der Waals surface area contributed by atoms with Crippen molar-refractivity contribution >= 4 is 11.7 Å². The summed E-state index contributed by atoms with van der Waals surface area (Å²) in [5.74, 6) is -0.670. The second-order valence-corrected chi connectivity index (χ2v) is 3.26. The first-order valence-corrected chi connectivity index (χ1v) is 4.49. The van der Waals surface area contributed by atoms with Gasteiger partial charge in [-0.25, -0.2) is 9.97 Å². The molecule has 4 N–H and O–H groups in total. The molecule has 16 heavy (non-hydrogen) atoms. The molecule has 2 rings (SSSR count). The fourth-order valence-corrected chi connectivity index (χ4v) is 1.27. The maximum absolute atomic E-state index is 11.0. The summed E-state index contributed by atoms with van der Waals surface area (Å²) in [5, 5.41) is 3.99. The molecule has 7 nitrogen and oxygen atoms in total. The molecule has 1 amide bonds. The predicted octanol–water partition coefficient (Wildman–Crippen LogP) is -0.442. The van der Waals surface area contributed by atoms with Crippen molar-refractivity contribution < 1.29 is 4.79 Å². The highest BCUT2D eigenvalue weighted by atomic mass is 16.1. The van der Waals surface area contributed by atoms with Crippen LogP contribution in [0.5, 0.6) is 0 Å². The van der Waals surface area contributed by atoms with E-state index in [2.05, 4.69) is 15.1 Å².